The van der Waals surface area contributed by atoms with Gasteiger partial charge in [0.15, 0.2) is 0 Å². The molecule has 2 aliphatic heterocycles. The van der Waals surface area contributed by atoms with Crippen LogP contribution < -0.4 is 0 Å². The normalized spacial score (nSPS) is 38.4. The molecule has 0 bridgehead atoms. The van der Waals surface area contributed by atoms with E-state index < -0.39 is 0 Å². The maximum atomic E-state index is 5.81. The van der Waals surface area contributed by atoms with Crippen molar-refractivity contribution in [2.45, 2.75) is 44.8 Å². The third kappa shape index (κ3) is 2.95. The topological polar surface area (TPSA) is 12.5 Å². The first-order valence-electron chi connectivity index (χ1n) is 6.23. The SMILES string of the molecule is CC1CCN(CC2CCCCO2)C1CBr. The zero-order valence-corrected chi connectivity index (χ0v) is 11.2. The fourth-order valence-corrected chi connectivity index (χ4v) is 3.82. The first-order valence-corrected chi connectivity index (χ1v) is 7.35. The molecule has 3 unspecified atom stereocenters. The van der Waals surface area contributed by atoms with Crippen LogP contribution in [0.5, 0.6) is 0 Å². The minimum Gasteiger partial charge on any atom is -0.377 e. The third-order valence-electron chi connectivity index (χ3n) is 3.87. The summed E-state index contributed by atoms with van der Waals surface area (Å²) in [5.74, 6) is 0.841. The third-order valence-corrected chi connectivity index (χ3v) is 4.53. The fourth-order valence-electron chi connectivity index (χ4n) is 2.78. The van der Waals surface area contributed by atoms with Crippen LogP contribution in [-0.4, -0.2) is 42.1 Å². The van der Waals surface area contributed by atoms with Crippen molar-refractivity contribution in [3.63, 3.8) is 0 Å². The Morgan fingerprint density at radius 1 is 1.33 bits per heavy atom. The molecule has 0 amide bonds. The molecule has 0 saturated carbocycles. The van der Waals surface area contributed by atoms with Crippen LogP contribution in [0, 0.1) is 5.92 Å². The Morgan fingerprint density at radius 3 is 2.87 bits per heavy atom. The van der Waals surface area contributed by atoms with Crippen molar-refractivity contribution in [3.05, 3.63) is 0 Å². The summed E-state index contributed by atoms with van der Waals surface area (Å²) in [6.45, 7) is 5.76. The Balaban J connectivity index is 1.82. The zero-order chi connectivity index (χ0) is 10.7. The Bertz CT molecular complexity index is 194. The van der Waals surface area contributed by atoms with E-state index in [-0.39, 0.29) is 0 Å². The molecule has 0 aromatic heterocycles. The molecule has 0 aromatic rings. The molecule has 2 saturated heterocycles. The van der Waals surface area contributed by atoms with Gasteiger partial charge >= 0.3 is 0 Å². The van der Waals surface area contributed by atoms with Gasteiger partial charge in [-0.15, -0.1) is 0 Å². The second-order valence-corrected chi connectivity index (χ2v) is 5.62. The average molecular weight is 276 g/mol. The Hall–Kier alpha value is 0.400. The molecular formula is C12H22BrNO. The van der Waals surface area contributed by atoms with Gasteiger partial charge in [0.2, 0.25) is 0 Å². The summed E-state index contributed by atoms with van der Waals surface area (Å²) in [6, 6.07) is 0.732. The van der Waals surface area contributed by atoms with Gasteiger partial charge in [-0.3, -0.25) is 4.90 Å². The van der Waals surface area contributed by atoms with Gasteiger partial charge in [-0.05, 0) is 38.1 Å². The molecule has 2 heterocycles. The first-order chi connectivity index (χ1) is 7.31. The van der Waals surface area contributed by atoms with Crippen LogP contribution in [-0.2, 0) is 4.74 Å². The highest BCUT2D eigenvalue weighted by Crippen LogP contribution is 2.26. The molecular weight excluding hydrogens is 254 g/mol. The minimum atomic E-state index is 0.505. The van der Waals surface area contributed by atoms with E-state index in [0.717, 1.165) is 30.4 Å². The van der Waals surface area contributed by atoms with Gasteiger partial charge in [-0.1, -0.05) is 22.9 Å². The van der Waals surface area contributed by atoms with Gasteiger partial charge in [-0.25, -0.2) is 0 Å². The predicted molar refractivity (Wildman–Crippen MR) is 66.5 cm³/mol. The molecule has 3 heteroatoms. The molecule has 2 nitrogen and oxygen atoms in total. The molecule has 0 aliphatic carbocycles. The number of rotatable bonds is 3. The van der Waals surface area contributed by atoms with Crippen molar-refractivity contribution in [1.29, 1.82) is 0 Å². The Kier molecular flexibility index (Phi) is 4.47. The lowest BCUT2D eigenvalue weighted by atomic mass is 10.0. The van der Waals surface area contributed by atoms with Crippen molar-refractivity contribution in [2.75, 3.05) is 25.0 Å². The van der Waals surface area contributed by atoms with Crippen LogP contribution in [0.3, 0.4) is 0 Å². The van der Waals surface area contributed by atoms with Gasteiger partial charge in [0, 0.05) is 24.5 Å². The molecule has 0 aromatic carbocycles. The Labute approximate surface area is 101 Å². The van der Waals surface area contributed by atoms with E-state index in [1.54, 1.807) is 0 Å². The van der Waals surface area contributed by atoms with Crippen LogP contribution in [0.15, 0.2) is 0 Å². The van der Waals surface area contributed by atoms with Crippen molar-refractivity contribution >= 4 is 15.9 Å². The number of halogens is 1. The van der Waals surface area contributed by atoms with Crippen LogP contribution in [0.1, 0.15) is 32.6 Å². The van der Waals surface area contributed by atoms with Crippen LogP contribution in [0.2, 0.25) is 0 Å². The highest BCUT2D eigenvalue weighted by atomic mass is 79.9. The van der Waals surface area contributed by atoms with Gasteiger partial charge < -0.3 is 4.74 Å². The molecule has 0 radical (unpaired) electrons. The van der Waals surface area contributed by atoms with E-state index in [0.29, 0.717) is 6.10 Å². The number of hydrogen-bond donors (Lipinski definition) is 0. The highest BCUT2D eigenvalue weighted by molar-refractivity contribution is 9.09. The lowest BCUT2D eigenvalue weighted by molar-refractivity contribution is -0.00753. The van der Waals surface area contributed by atoms with Crippen molar-refractivity contribution in [3.8, 4) is 0 Å². The smallest absolute Gasteiger partial charge is 0.0702 e. The maximum absolute atomic E-state index is 5.81. The van der Waals surface area contributed by atoms with Crippen molar-refractivity contribution in [1.82, 2.24) is 4.90 Å². The standard InChI is InChI=1S/C12H22BrNO/c1-10-5-6-14(12(10)8-13)9-11-4-2-3-7-15-11/h10-12H,2-9H2,1H3. The summed E-state index contributed by atoms with van der Waals surface area (Å²) in [7, 11) is 0. The molecule has 3 atom stereocenters. The van der Waals surface area contributed by atoms with Crippen LogP contribution in [0.25, 0.3) is 0 Å². The number of hydrogen-bond acceptors (Lipinski definition) is 2. The second kappa shape index (κ2) is 5.65. The predicted octanol–water partition coefficient (Wildman–Crippen LogP) is 2.66. The fraction of sp³-hybridized carbons (Fsp3) is 1.00. The van der Waals surface area contributed by atoms with Gasteiger partial charge in [0.05, 0.1) is 6.10 Å². The average Bonchev–Trinajstić information content (AvgIpc) is 2.61. The minimum absolute atomic E-state index is 0.505. The first kappa shape index (κ1) is 11.9. The monoisotopic (exact) mass is 275 g/mol. The molecule has 88 valence electrons. The summed E-state index contributed by atoms with van der Waals surface area (Å²) in [4.78, 5) is 2.62. The van der Waals surface area contributed by atoms with Gasteiger partial charge in [0.1, 0.15) is 0 Å². The molecule has 2 aliphatic rings. The highest BCUT2D eigenvalue weighted by Gasteiger charge is 2.31. The van der Waals surface area contributed by atoms with Gasteiger partial charge in [-0.2, -0.15) is 0 Å². The van der Waals surface area contributed by atoms with E-state index in [1.807, 2.05) is 0 Å². The molecule has 0 N–H and O–H groups in total. The molecule has 2 fully saturated rings. The van der Waals surface area contributed by atoms with Crippen LogP contribution in [0.4, 0.5) is 0 Å². The van der Waals surface area contributed by atoms with E-state index >= 15 is 0 Å². The summed E-state index contributed by atoms with van der Waals surface area (Å²) < 4.78 is 5.81. The number of nitrogens with zero attached hydrogens (tertiary/aromatic N) is 1. The molecule has 0 spiro atoms. The van der Waals surface area contributed by atoms with Crippen molar-refractivity contribution in [2.24, 2.45) is 5.92 Å². The van der Waals surface area contributed by atoms with E-state index in [4.69, 9.17) is 4.74 Å². The molecule has 15 heavy (non-hydrogen) atoms. The largest absolute Gasteiger partial charge is 0.377 e. The number of likely N-dealkylation sites (tertiary alicyclic amines) is 1. The lowest BCUT2D eigenvalue weighted by Crippen LogP contribution is -2.40. The lowest BCUT2D eigenvalue weighted by Gasteiger charge is -2.31. The number of ether oxygens (including phenoxy) is 1. The van der Waals surface area contributed by atoms with Crippen molar-refractivity contribution < 1.29 is 4.74 Å². The zero-order valence-electron chi connectivity index (χ0n) is 9.62. The quantitative estimate of drug-likeness (QED) is 0.735. The van der Waals surface area contributed by atoms with Crippen LogP contribution >= 0.6 is 15.9 Å². The summed E-state index contributed by atoms with van der Waals surface area (Å²) in [5.41, 5.74) is 0. The second-order valence-electron chi connectivity index (χ2n) is 4.97. The Morgan fingerprint density at radius 2 is 2.20 bits per heavy atom. The summed E-state index contributed by atoms with van der Waals surface area (Å²) in [6.07, 6.45) is 5.73. The number of alkyl halides is 1. The van der Waals surface area contributed by atoms with E-state index in [9.17, 15) is 0 Å². The summed E-state index contributed by atoms with van der Waals surface area (Å²) in [5, 5.41) is 1.11. The maximum Gasteiger partial charge on any atom is 0.0702 e. The van der Waals surface area contributed by atoms with E-state index in [1.165, 1.54) is 32.2 Å². The van der Waals surface area contributed by atoms with E-state index in [2.05, 4.69) is 27.8 Å². The summed E-state index contributed by atoms with van der Waals surface area (Å²) >= 11 is 3.64. The molecule has 2 rings (SSSR count). The van der Waals surface area contributed by atoms with Gasteiger partial charge in [0.25, 0.3) is 0 Å².